The monoisotopic (exact) mass is 238 g/mol. The fourth-order valence-corrected chi connectivity index (χ4v) is 2.41. The first-order valence-corrected chi connectivity index (χ1v) is 6.17. The summed E-state index contributed by atoms with van der Waals surface area (Å²) in [7, 11) is 2.13. The summed E-state index contributed by atoms with van der Waals surface area (Å²) >= 11 is 5.85. The highest BCUT2D eigenvalue weighted by molar-refractivity contribution is 6.30. The molecule has 3 heteroatoms. The van der Waals surface area contributed by atoms with Gasteiger partial charge in [0.1, 0.15) is 0 Å². The number of rotatable bonds is 4. The molecule has 1 aromatic carbocycles. The van der Waals surface area contributed by atoms with Crippen molar-refractivity contribution in [3.8, 4) is 0 Å². The summed E-state index contributed by atoms with van der Waals surface area (Å²) in [6.45, 7) is 1.92. The minimum atomic E-state index is 0.0706. The van der Waals surface area contributed by atoms with Crippen LogP contribution in [0.2, 0.25) is 5.02 Å². The maximum atomic E-state index is 6.22. The van der Waals surface area contributed by atoms with Crippen LogP contribution in [0.3, 0.4) is 0 Å². The van der Waals surface area contributed by atoms with Crippen molar-refractivity contribution in [2.24, 2.45) is 5.73 Å². The summed E-state index contributed by atoms with van der Waals surface area (Å²) < 4.78 is 0. The van der Waals surface area contributed by atoms with Gasteiger partial charge >= 0.3 is 0 Å². The fraction of sp³-hybridized carbons (Fsp3) is 0.538. The summed E-state index contributed by atoms with van der Waals surface area (Å²) in [5.74, 6) is 0. The SMILES string of the molecule is CN(Cc1ccc(Cl)cc1)CC1(N)CCC1. The van der Waals surface area contributed by atoms with Crippen LogP contribution in [-0.2, 0) is 6.54 Å². The van der Waals surface area contributed by atoms with E-state index in [1.165, 1.54) is 12.0 Å². The molecule has 1 fully saturated rings. The van der Waals surface area contributed by atoms with E-state index in [1.54, 1.807) is 0 Å². The molecule has 0 spiro atoms. The summed E-state index contributed by atoms with van der Waals surface area (Å²) in [4.78, 5) is 2.29. The summed E-state index contributed by atoms with van der Waals surface area (Å²) in [6.07, 6.45) is 3.61. The summed E-state index contributed by atoms with van der Waals surface area (Å²) in [5, 5.41) is 0.792. The molecule has 1 aliphatic rings. The number of nitrogens with zero attached hydrogens (tertiary/aromatic N) is 1. The van der Waals surface area contributed by atoms with E-state index in [9.17, 15) is 0 Å². The highest BCUT2D eigenvalue weighted by Gasteiger charge is 2.33. The average molecular weight is 239 g/mol. The van der Waals surface area contributed by atoms with Gasteiger partial charge in [0.2, 0.25) is 0 Å². The van der Waals surface area contributed by atoms with E-state index in [4.69, 9.17) is 17.3 Å². The van der Waals surface area contributed by atoms with Crippen LogP contribution in [0.1, 0.15) is 24.8 Å². The Morgan fingerprint density at radius 1 is 1.31 bits per heavy atom. The van der Waals surface area contributed by atoms with Crippen molar-refractivity contribution in [3.63, 3.8) is 0 Å². The third-order valence-corrected chi connectivity index (χ3v) is 3.55. The molecule has 2 nitrogen and oxygen atoms in total. The molecule has 16 heavy (non-hydrogen) atoms. The highest BCUT2D eigenvalue weighted by Crippen LogP contribution is 2.29. The molecule has 0 bridgehead atoms. The molecular weight excluding hydrogens is 220 g/mol. The molecule has 1 saturated carbocycles. The molecule has 0 atom stereocenters. The molecule has 1 aliphatic carbocycles. The van der Waals surface area contributed by atoms with Gasteiger partial charge in [-0.3, -0.25) is 0 Å². The van der Waals surface area contributed by atoms with Crippen LogP contribution in [0, 0.1) is 0 Å². The lowest BCUT2D eigenvalue weighted by atomic mass is 9.77. The van der Waals surface area contributed by atoms with Gasteiger partial charge in [-0.2, -0.15) is 0 Å². The number of hydrogen-bond donors (Lipinski definition) is 1. The molecule has 2 rings (SSSR count). The molecule has 88 valence electrons. The standard InChI is InChI=1S/C13H19ClN2/c1-16(10-13(15)7-2-8-13)9-11-3-5-12(14)6-4-11/h3-6H,2,7-10,15H2,1H3. The van der Waals surface area contributed by atoms with Crippen LogP contribution in [0.5, 0.6) is 0 Å². The van der Waals surface area contributed by atoms with E-state index in [0.717, 1.165) is 31.0 Å². The molecule has 1 aromatic rings. The second-order valence-corrected chi connectivity index (χ2v) is 5.45. The lowest BCUT2D eigenvalue weighted by molar-refractivity contribution is 0.161. The van der Waals surface area contributed by atoms with Crippen molar-refractivity contribution in [3.05, 3.63) is 34.9 Å². The van der Waals surface area contributed by atoms with Crippen LogP contribution >= 0.6 is 11.6 Å². The Balaban J connectivity index is 1.86. The van der Waals surface area contributed by atoms with Crippen LogP contribution in [0.4, 0.5) is 0 Å². The van der Waals surface area contributed by atoms with Gasteiger partial charge in [0.05, 0.1) is 0 Å². The Hall–Kier alpha value is -0.570. The summed E-state index contributed by atoms with van der Waals surface area (Å²) in [5.41, 5.74) is 7.58. The molecule has 0 amide bonds. The molecule has 0 unspecified atom stereocenters. The minimum absolute atomic E-state index is 0.0706. The zero-order valence-corrected chi connectivity index (χ0v) is 10.5. The van der Waals surface area contributed by atoms with Gasteiger partial charge < -0.3 is 10.6 Å². The number of halogens is 1. The van der Waals surface area contributed by atoms with Crippen molar-refractivity contribution in [1.29, 1.82) is 0 Å². The number of likely N-dealkylation sites (N-methyl/N-ethyl adjacent to an activating group) is 1. The molecule has 0 radical (unpaired) electrons. The third-order valence-electron chi connectivity index (χ3n) is 3.30. The van der Waals surface area contributed by atoms with Crippen LogP contribution in [0.15, 0.2) is 24.3 Å². The first kappa shape index (κ1) is 11.9. The molecule has 0 aliphatic heterocycles. The van der Waals surface area contributed by atoms with Crippen molar-refractivity contribution in [2.45, 2.75) is 31.3 Å². The normalized spacial score (nSPS) is 18.5. The van der Waals surface area contributed by atoms with E-state index < -0.39 is 0 Å². The van der Waals surface area contributed by atoms with Gasteiger partial charge in [-0.05, 0) is 44.0 Å². The van der Waals surface area contributed by atoms with Crippen LogP contribution < -0.4 is 5.73 Å². The predicted molar refractivity (Wildman–Crippen MR) is 68.6 cm³/mol. The van der Waals surface area contributed by atoms with Crippen molar-refractivity contribution in [2.75, 3.05) is 13.6 Å². The largest absolute Gasteiger partial charge is 0.324 e. The number of benzene rings is 1. The molecule has 0 heterocycles. The average Bonchev–Trinajstić information content (AvgIpc) is 2.19. The van der Waals surface area contributed by atoms with Crippen LogP contribution in [0.25, 0.3) is 0 Å². The van der Waals surface area contributed by atoms with E-state index in [2.05, 4.69) is 24.1 Å². The van der Waals surface area contributed by atoms with Gasteiger partial charge in [0.15, 0.2) is 0 Å². The summed E-state index contributed by atoms with van der Waals surface area (Å²) in [6, 6.07) is 8.02. The Morgan fingerprint density at radius 3 is 2.44 bits per heavy atom. The van der Waals surface area contributed by atoms with Crippen molar-refractivity contribution < 1.29 is 0 Å². The van der Waals surface area contributed by atoms with Gasteiger partial charge in [0, 0.05) is 23.7 Å². The molecule has 0 saturated heterocycles. The van der Waals surface area contributed by atoms with E-state index in [-0.39, 0.29) is 5.54 Å². The Morgan fingerprint density at radius 2 is 1.94 bits per heavy atom. The predicted octanol–water partition coefficient (Wildman–Crippen LogP) is 2.65. The maximum absolute atomic E-state index is 6.22. The second kappa shape index (κ2) is 4.74. The zero-order valence-electron chi connectivity index (χ0n) is 9.75. The lowest BCUT2D eigenvalue weighted by Crippen LogP contribution is -2.54. The van der Waals surface area contributed by atoms with Gasteiger partial charge in [-0.15, -0.1) is 0 Å². The topological polar surface area (TPSA) is 29.3 Å². The number of hydrogen-bond acceptors (Lipinski definition) is 2. The van der Waals surface area contributed by atoms with Gasteiger partial charge in [-0.25, -0.2) is 0 Å². The molecule has 2 N–H and O–H groups in total. The van der Waals surface area contributed by atoms with Gasteiger partial charge in [-0.1, -0.05) is 23.7 Å². The van der Waals surface area contributed by atoms with Crippen LogP contribution in [-0.4, -0.2) is 24.0 Å². The zero-order chi connectivity index (χ0) is 11.6. The Bertz CT molecular complexity index is 343. The fourth-order valence-electron chi connectivity index (χ4n) is 2.28. The lowest BCUT2D eigenvalue weighted by Gasteiger charge is -2.41. The van der Waals surface area contributed by atoms with Gasteiger partial charge in [0.25, 0.3) is 0 Å². The Labute approximate surface area is 102 Å². The molecule has 0 aromatic heterocycles. The first-order valence-electron chi connectivity index (χ1n) is 5.79. The molecular formula is C13H19ClN2. The van der Waals surface area contributed by atoms with E-state index in [1.807, 2.05) is 12.1 Å². The smallest absolute Gasteiger partial charge is 0.0406 e. The third kappa shape index (κ3) is 2.97. The van der Waals surface area contributed by atoms with Crippen molar-refractivity contribution >= 4 is 11.6 Å². The maximum Gasteiger partial charge on any atom is 0.0406 e. The minimum Gasteiger partial charge on any atom is -0.324 e. The second-order valence-electron chi connectivity index (χ2n) is 5.01. The van der Waals surface area contributed by atoms with E-state index in [0.29, 0.717) is 0 Å². The highest BCUT2D eigenvalue weighted by atomic mass is 35.5. The van der Waals surface area contributed by atoms with E-state index >= 15 is 0 Å². The Kier molecular flexibility index (Phi) is 3.53. The van der Waals surface area contributed by atoms with Crippen molar-refractivity contribution in [1.82, 2.24) is 4.90 Å². The quantitative estimate of drug-likeness (QED) is 0.874. The number of nitrogens with two attached hydrogens (primary N) is 1. The first-order chi connectivity index (χ1) is 7.57.